The van der Waals surface area contributed by atoms with Gasteiger partial charge in [-0.15, -0.1) is 0 Å². The molecule has 3 heteroatoms. The molecule has 0 aliphatic carbocycles. The van der Waals surface area contributed by atoms with Crippen LogP contribution in [0, 0.1) is 5.92 Å². The molecule has 16 heavy (non-hydrogen) atoms. The first-order valence-electron chi connectivity index (χ1n) is 5.44. The number of halogens is 2. The fourth-order valence-electron chi connectivity index (χ4n) is 1.42. The zero-order valence-corrected chi connectivity index (χ0v) is 11.1. The minimum Gasteiger partial charge on any atom is -0.299 e. The molecule has 88 valence electrons. The van der Waals surface area contributed by atoms with Crippen molar-refractivity contribution in [2.24, 2.45) is 5.92 Å². The molecule has 0 bridgehead atoms. The Balaban J connectivity index is 2.56. The second-order valence-electron chi connectivity index (χ2n) is 4.38. The third-order valence-electron chi connectivity index (χ3n) is 2.40. The molecule has 1 aromatic rings. The van der Waals surface area contributed by atoms with Crippen molar-refractivity contribution in [2.75, 3.05) is 0 Å². The third kappa shape index (κ3) is 4.54. The maximum absolute atomic E-state index is 11.7. The van der Waals surface area contributed by atoms with E-state index < -0.39 is 0 Å². The first kappa shape index (κ1) is 13.5. The molecule has 0 aliphatic heterocycles. The van der Waals surface area contributed by atoms with Gasteiger partial charge in [-0.2, -0.15) is 0 Å². The first-order chi connectivity index (χ1) is 7.49. The summed E-state index contributed by atoms with van der Waals surface area (Å²) in [5, 5.41) is 1.17. The second-order valence-corrected chi connectivity index (χ2v) is 5.23. The topological polar surface area (TPSA) is 17.1 Å². The first-order valence-corrected chi connectivity index (χ1v) is 6.20. The lowest BCUT2D eigenvalue weighted by Gasteiger charge is -2.06. The Morgan fingerprint density at radius 2 is 2.00 bits per heavy atom. The molecule has 0 spiro atoms. The van der Waals surface area contributed by atoms with E-state index in [1.54, 1.807) is 12.1 Å². The van der Waals surface area contributed by atoms with E-state index in [2.05, 4.69) is 13.8 Å². The van der Waals surface area contributed by atoms with Crippen molar-refractivity contribution < 1.29 is 4.79 Å². The quantitative estimate of drug-likeness (QED) is 0.758. The summed E-state index contributed by atoms with van der Waals surface area (Å²) in [7, 11) is 0. The fourth-order valence-corrected chi connectivity index (χ4v) is 1.89. The minimum atomic E-state index is 0.234. The highest BCUT2D eigenvalue weighted by Crippen LogP contribution is 2.22. The average molecular weight is 259 g/mol. The van der Waals surface area contributed by atoms with Crippen LogP contribution in [-0.4, -0.2) is 5.78 Å². The van der Waals surface area contributed by atoms with E-state index in [1.807, 2.05) is 6.07 Å². The van der Waals surface area contributed by atoms with E-state index >= 15 is 0 Å². The van der Waals surface area contributed by atoms with Crippen LogP contribution < -0.4 is 0 Å². The molecule has 0 unspecified atom stereocenters. The van der Waals surface area contributed by atoms with Gasteiger partial charge in [-0.1, -0.05) is 43.1 Å². The molecule has 0 heterocycles. The van der Waals surface area contributed by atoms with E-state index in [-0.39, 0.29) is 5.78 Å². The molecule has 1 nitrogen and oxygen atoms in total. The number of carbonyl (C=O) groups is 1. The number of rotatable bonds is 5. The Morgan fingerprint density at radius 3 is 2.56 bits per heavy atom. The molecule has 0 aromatic heterocycles. The standard InChI is InChI=1S/C13H16Cl2O/c1-9(2)3-6-12(16)7-10-4-5-11(14)8-13(10)15/h4-5,8-9H,3,6-7H2,1-2H3. The zero-order valence-electron chi connectivity index (χ0n) is 9.59. The average Bonchev–Trinajstić information content (AvgIpc) is 2.19. The Hall–Kier alpha value is -0.530. The van der Waals surface area contributed by atoms with Crippen molar-refractivity contribution in [3.05, 3.63) is 33.8 Å². The number of benzene rings is 1. The van der Waals surface area contributed by atoms with Gasteiger partial charge in [0.05, 0.1) is 0 Å². The van der Waals surface area contributed by atoms with E-state index in [1.165, 1.54) is 0 Å². The summed E-state index contributed by atoms with van der Waals surface area (Å²) in [6.07, 6.45) is 1.96. The summed E-state index contributed by atoms with van der Waals surface area (Å²) >= 11 is 11.8. The molecule has 1 aromatic carbocycles. The Morgan fingerprint density at radius 1 is 1.31 bits per heavy atom. The molecule has 0 saturated heterocycles. The molecule has 0 saturated carbocycles. The fraction of sp³-hybridized carbons (Fsp3) is 0.462. The normalized spacial score (nSPS) is 10.8. The summed E-state index contributed by atoms with van der Waals surface area (Å²) in [6.45, 7) is 4.23. The van der Waals surface area contributed by atoms with Gasteiger partial charge >= 0.3 is 0 Å². The van der Waals surface area contributed by atoms with E-state index in [9.17, 15) is 4.79 Å². The number of Topliss-reactive ketones (excluding diaryl/α,β-unsaturated/α-hetero) is 1. The predicted molar refractivity (Wildman–Crippen MR) is 69.2 cm³/mol. The molecule has 0 aliphatic rings. The Labute approximate surface area is 107 Å². The SMILES string of the molecule is CC(C)CCC(=O)Cc1ccc(Cl)cc1Cl. The van der Waals surface area contributed by atoms with Gasteiger partial charge in [-0.25, -0.2) is 0 Å². The van der Waals surface area contributed by atoms with Gasteiger partial charge in [0.25, 0.3) is 0 Å². The maximum atomic E-state index is 11.7. The van der Waals surface area contributed by atoms with Crippen LogP contribution in [0.1, 0.15) is 32.3 Å². The monoisotopic (exact) mass is 258 g/mol. The Bertz CT molecular complexity index is 372. The summed E-state index contributed by atoms with van der Waals surface area (Å²) in [5.41, 5.74) is 0.861. The summed E-state index contributed by atoms with van der Waals surface area (Å²) < 4.78 is 0. The lowest BCUT2D eigenvalue weighted by atomic mass is 10.0. The lowest BCUT2D eigenvalue weighted by Crippen LogP contribution is -2.04. The highest BCUT2D eigenvalue weighted by Gasteiger charge is 2.08. The predicted octanol–water partition coefficient (Wildman–Crippen LogP) is 4.54. The molecule has 0 atom stereocenters. The molecule has 1 rings (SSSR count). The van der Waals surface area contributed by atoms with Crippen molar-refractivity contribution in [3.8, 4) is 0 Å². The van der Waals surface area contributed by atoms with E-state index in [0.29, 0.717) is 28.8 Å². The van der Waals surface area contributed by atoms with Gasteiger partial charge in [0.1, 0.15) is 5.78 Å². The van der Waals surface area contributed by atoms with Crippen LogP contribution in [0.15, 0.2) is 18.2 Å². The van der Waals surface area contributed by atoms with E-state index in [4.69, 9.17) is 23.2 Å². The molecule has 0 radical (unpaired) electrons. The smallest absolute Gasteiger partial charge is 0.137 e. The van der Waals surface area contributed by atoms with Gasteiger partial charge in [0, 0.05) is 22.9 Å². The maximum Gasteiger partial charge on any atom is 0.137 e. The van der Waals surface area contributed by atoms with Crippen molar-refractivity contribution in [2.45, 2.75) is 33.1 Å². The van der Waals surface area contributed by atoms with Gasteiger partial charge in [0.15, 0.2) is 0 Å². The van der Waals surface area contributed by atoms with Crippen molar-refractivity contribution >= 4 is 29.0 Å². The number of carbonyl (C=O) groups excluding carboxylic acids is 1. The van der Waals surface area contributed by atoms with Crippen LogP contribution in [0.3, 0.4) is 0 Å². The lowest BCUT2D eigenvalue weighted by molar-refractivity contribution is -0.118. The molecular formula is C13H16Cl2O. The molecule has 0 N–H and O–H groups in total. The minimum absolute atomic E-state index is 0.234. The number of hydrogen-bond acceptors (Lipinski definition) is 1. The largest absolute Gasteiger partial charge is 0.299 e. The van der Waals surface area contributed by atoms with Crippen LogP contribution in [-0.2, 0) is 11.2 Å². The Kier molecular flexibility index (Phi) is 5.30. The van der Waals surface area contributed by atoms with Gasteiger partial charge in [-0.05, 0) is 30.0 Å². The van der Waals surface area contributed by atoms with Crippen LogP contribution in [0.2, 0.25) is 10.0 Å². The zero-order chi connectivity index (χ0) is 12.1. The van der Waals surface area contributed by atoms with E-state index in [0.717, 1.165) is 12.0 Å². The van der Waals surface area contributed by atoms with Crippen molar-refractivity contribution in [1.29, 1.82) is 0 Å². The molecule has 0 fully saturated rings. The summed E-state index contributed by atoms with van der Waals surface area (Å²) in [5.74, 6) is 0.794. The molecular weight excluding hydrogens is 243 g/mol. The highest BCUT2D eigenvalue weighted by atomic mass is 35.5. The second kappa shape index (κ2) is 6.27. The third-order valence-corrected chi connectivity index (χ3v) is 2.99. The van der Waals surface area contributed by atoms with Crippen LogP contribution in [0.4, 0.5) is 0 Å². The van der Waals surface area contributed by atoms with Crippen molar-refractivity contribution in [1.82, 2.24) is 0 Å². The van der Waals surface area contributed by atoms with Gasteiger partial charge in [-0.3, -0.25) is 4.79 Å². The molecule has 0 amide bonds. The number of ketones is 1. The van der Waals surface area contributed by atoms with Crippen molar-refractivity contribution in [3.63, 3.8) is 0 Å². The highest BCUT2D eigenvalue weighted by molar-refractivity contribution is 6.35. The van der Waals surface area contributed by atoms with Gasteiger partial charge < -0.3 is 0 Å². The van der Waals surface area contributed by atoms with Crippen LogP contribution in [0.5, 0.6) is 0 Å². The van der Waals surface area contributed by atoms with Crippen LogP contribution >= 0.6 is 23.2 Å². The summed E-state index contributed by atoms with van der Waals surface area (Å²) in [4.78, 5) is 11.7. The number of hydrogen-bond donors (Lipinski definition) is 0. The van der Waals surface area contributed by atoms with Gasteiger partial charge in [0.2, 0.25) is 0 Å². The van der Waals surface area contributed by atoms with Crippen LogP contribution in [0.25, 0.3) is 0 Å². The summed E-state index contributed by atoms with van der Waals surface area (Å²) in [6, 6.07) is 5.25.